The maximum absolute atomic E-state index is 14.1. The highest BCUT2D eigenvalue weighted by molar-refractivity contribution is 7.80. The topological polar surface area (TPSA) is 29.3 Å². The molecule has 2 nitrogen and oxygen atoms in total. The van der Waals surface area contributed by atoms with Gasteiger partial charge in [0.2, 0.25) is 0 Å². The van der Waals surface area contributed by atoms with Gasteiger partial charge in [0.05, 0.1) is 11.3 Å². The van der Waals surface area contributed by atoms with Crippen molar-refractivity contribution in [3.63, 3.8) is 0 Å². The Morgan fingerprint density at radius 3 is 2.48 bits per heavy atom. The zero-order valence-corrected chi connectivity index (χ0v) is 12.9. The molecule has 0 unspecified atom stereocenters. The van der Waals surface area contributed by atoms with Crippen molar-refractivity contribution in [3.05, 3.63) is 59.9 Å². The van der Waals surface area contributed by atoms with Crippen LogP contribution >= 0.6 is 12.2 Å². The Morgan fingerprint density at radius 1 is 1.14 bits per heavy atom. The highest BCUT2D eigenvalue weighted by atomic mass is 32.1. The predicted molar refractivity (Wildman–Crippen MR) is 90.6 cm³/mol. The average molecular weight is 302 g/mol. The molecule has 2 N–H and O–H groups in total. The van der Waals surface area contributed by atoms with Crippen LogP contribution in [0.25, 0.3) is 0 Å². The Hall–Kier alpha value is -1.94. The van der Waals surface area contributed by atoms with Gasteiger partial charge in [-0.15, -0.1) is 0 Å². The fraction of sp³-hybridized carbons (Fsp3) is 0.235. The van der Waals surface area contributed by atoms with Gasteiger partial charge in [0, 0.05) is 12.2 Å². The van der Waals surface area contributed by atoms with Crippen LogP contribution in [0.3, 0.4) is 0 Å². The first kappa shape index (κ1) is 15.4. The molecule has 2 rings (SSSR count). The van der Waals surface area contributed by atoms with Crippen LogP contribution in [0.5, 0.6) is 0 Å². The number of unbranched alkanes of at least 4 members (excludes halogenated alkanes) is 1. The third kappa shape index (κ3) is 3.58. The summed E-state index contributed by atoms with van der Waals surface area (Å²) in [6.07, 6.45) is 2.06. The Balaban J connectivity index is 2.52. The maximum Gasteiger partial charge on any atom is 0.135 e. The molecule has 110 valence electrons. The van der Waals surface area contributed by atoms with E-state index in [0.29, 0.717) is 5.56 Å². The fourth-order valence-corrected chi connectivity index (χ4v) is 2.50. The molecule has 0 fully saturated rings. The first-order chi connectivity index (χ1) is 10.1. The van der Waals surface area contributed by atoms with Crippen LogP contribution in [-0.4, -0.2) is 11.5 Å². The summed E-state index contributed by atoms with van der Waals surface area (Å²) in [6, 6.07) is 14.8. The normalized spacial score (nSPS) is 10.4. The summed E-state index contributed by atoms with van der Waals surface area (Å²) >= 11 is 5.03. The quantitative estimate of drug-likeness (QED) is 0.802. The number of halogens is 1. The molecule has 0 bridgehead atoms. The molecule has 21 heavy (non-hydrogen) atoms. The average Bonchev–Trinajstić information content (AvgIpc) is 2.48. The highest BCUT2D eigenvalue weighted by Gasteiger charge is 2.17. The minimum Gasteiger partial charge on any atom is -0.389 e. The lowest BCUT2D eigenvalue weighted by molar-refractivity contribution is 0.625. The minimum atomic E-state index is -0.377. The molecular weight excluding hydrogens is 283 g/mol. The Labute approximate surface area is 130 Å². The zero-order valence-electron chi connectivity index (χ0n) is 12.1. The van der Waals surface area contributed by atoms with Gasteiger partial charge in [-0.2, -0.15) is 0 Å². The van der Waals surface area contributed by atoms with Crippen LogP contribution in [-0.2, 0) is 0 Å². The number of thiocarbonyl (C=S) groups is 1. The lowest BCUT2D eigenvalue weighted by atomic mass is 10.1. The molecule has 0 aromatic heterocycles. The third-order valence-corrected chi connectivity index (χ3v) is 3.54. The van der Waals surface area contributed by atoms with Gasteiger partial charge < -0.3 is 10.6 Å². The molecule has 0 heterocycles. The largest absolute Gasteiger partial charge is 0.389 e. The minimum absolute atomic E-state index is 0.0838. The number of anilines is 2. The molecule has 0 aliphatic heterocycles. The van der Waals surface area contributed by atoms with Crippen molar-refractivity contribution >= 4 is 28.6 Å². The molecule has 0 saturated heterocycles. The molecule has 2 aromatic rings. The van der Waals surface area contributed by atoms with Gasteiger partial charge in [-0.1, -0.05) is 49.8 Å². The lowest BCUT2D eigenvalue weighted by Gasteiger charge is -2.27. The number of benzene rings is 2. The van der Waals surface area contributed by atoms with E-state index in [1.807, 2.05) is 36.4 Å². The van der Waals surface area contributed by atoms with E-state index >= 15 is 0 Å². The number of nitrogens with zero attached hydrogens (tertiary/aromatic N) is 1. The monoisotopic (exact) mass is 302 g/mol. The van der Waals surface area contributed by atoms with Gasteiger partial charge in [-0.05, 0) is 30.7 Å². The van der Waals surface area contributed by atoms with Crippen molar-refractivity contribution < 1.29 is 4.39 Å². The van der Waals surface area contributed by atoms with Gasteiger partial charge >= 0.3 is 0 Å². The Bertz CT molecular complexity index is 613. The van der Waals surface area contributed by atoms with Gasteiger partial charge in [-0.25, -0.2) is 4.39 Å². The highest BCUT2D eigenvalue weighted by Crippen LogP contribution is 2.30. The van der Waals surface area contributed by atoms with Crippen LogP contribution in [0.4, 0.5) is 15.8 Å². The number of nitrogens with two attached hydrogens (primary N) is 1. The second-order valence-electron chi connectivity index (χ2n) is 4.84. The lowest BCUT2D eigenvalue weighted by Crippen LogP contribution is -2.23. The van der Waals surface area contributed by atoms with E-state index in [1.54, 1.807) is 6.07 Å². The summed E-state index contributed by atoms with van der Waals surface area (Å²) in [5.74, 6) is -0.377. The summed E-state index contributed by atoms with van der Waals surface area (Å²) in [5.41, 5.74) is 7.77. The molecule has 2 aromatic carbocycles. The number of para-hydroxylation sites is 1. The van der Waals surface area contributed by atoms with E-state index in [4.69, 9.17) is 18.0 Å². The molecular formula is C17H19FN2S. The van der Waals surface area contributed by atoms with E-state index in [0.717, 1.165) is 30.8 Å². The van der Waals surface area contributed by atoms with E-state index in [2.05, 4.69) is 11.8 Å². The standard InChI is InChI=1S/C17H19FN2S/c1-2-3-12-20(13-8-5-4-6-9-13)15-11-7-10-14(18)16(15)17(19)21/h4-11H,2-3,12H2,1H3,(H2,19,21). The molecule has 0 spiro atoms. The molecule has 4 heteroatoms. The molecule has 0 atom stereocenters. The van der Waals surface area contributed by atoms with Gasteiger partial charge in [0.1, 0.15) is 10.8 Å². The van der Waals surface area contributed by atoms with Crippen LogP contribution in [0.2, 0.25) is 0 Å². The summed E-state index contributed by atoms with van der Waals surface area (Å²) in [6.45, 7) is 2.92. The third-order valence-electron chi connectivity index (χ3n) is 3.33. The van der Waals surface area contributed by atoms with Crippen LogP contribution in [0.15, 0.2) is 48.5 Å². The van der Waals surface area contributed by atoms with Crippen molar-refractivity contribution in [2.45, 2.75) is 19.8 Å². The Kier molecular flexibility index (Phi) is 5.28. The van der Waals surface area contributed by atoms with Crippen molar-refractivity contribution in [2.24, 2.45) is 5.73 Å². The van der Waals surface area contributed by atoms with Crippen molar-refractivity contribution in [2.75, 3.05) is 11.4 Å². The van der Waals surface area contributed by atoms with Crippen molar-refractivity contribution in [1.82, 2.24) is 0 Å². The maximum atomic E-state index is 14.1. The number of hydrogen-bond acceptors (Lipinski definition) is 2. The molecule has 0 aliphatic rings. The first-order valence-corrected chi connectivity index (χ1v) is 7.47. The van der Waals surface area contributed by atoms with E-state index in [9.17, 15) is 4.39 Å². The van der Waals surface area contributed by atoms with Crippen LogP contribution < -0.4 is 10.6 Å². The summed E-state index contributed by atoms with van der Waals surface area (Å²) < 4.78 is 14.1. The van der Waals surface area contributed by atoms with E-state index < -0.39 is 0 Å². The summed E-state index contributed by atoms with van der Waals surface area (Å²) in [7, 11) is 0. The first-order valence-electron chi connectivity index (χ1n) is 7.06. The van der Waals surface area contributed by atoms with Crippen LogP contribution in [0, 0.1) is 5.82 Å². The predicted octanol–water partition coefficient (Wildman–Crippen LogP) is 4.40. The summed E-state index contributed by atoms with van der Waals surface area (Å²) in [5, 5.41) is 0. The van der Waals surface area contributed by atoms with Gasteiger partial charge in [0.25, 0.3) is 0 Å². The smallest absolute Gasteiger partial charge is 0.135 e. The van der Waals surface area contributed by atoms with Gasteiger partial charge in [-0.3, -0.25) is 0 Å². The number of rotatable bonds is 6. The van der Waals surface area contributed by atoms with Crippen molar-refractivity contribution in [3.8, 4) is 0 Å². The molecule has 0 aliphatic carbocycles. The Morgan fingerprint density at radius 2 is 1.86 bits per heavy atom. The molecule has 0 saturated carbocycles. The summed E-state index contributed by atoms with van der Waals surface area (Å²) in [4.78, 5) is 2.15. The second-order valence-corrected chi connectivity index (χ2v) is 5.28. The van der Waals surface area contributed by atoms with Gasteiger partial charge in [0.15, 0.2) is 0 Å². The second kappa shape index (κ2) is 7.18. The fourth-order valence-electron chi connectivity index (χ4n) is 2.29. The molecule has 0 radical (unpaired) electrons. The SMILES string of the molecule is CCCCN(c1ccccc1)c1cccc(F)c1C(N)=S. The molecule has 0 amide bonds. The van der Waals surface area contributed by atoms with E-state index in [-0.39, 0.29) is 10.8 Å². The number of hydrogen-bond donors (Lipinski definition) is 1. The zero-order chi connectivity index (χ0) is 15.2. The van der Waals surface area contributed by atoms with E-state index in [1.165, 1.54) is 6.07 Å². The van der Waals surface area contributed by atoms with Crippen LogP contribution in [0.1, 0.15) is 25.3 Å². The van der Waals surface area contributed by atoms with Crippen molar-refractivity contribution in [1.29, 1.82) is 0 Å².